The van der Waals surface area contributed by atoms with Crippen molar-refractivity contribution in [1.82, 2.24) is 4.98 Å². The van der Waals surface area contributed by atoms with Gasteiger partial charge >= 0.3 is 0 Å². The maximum atomic E-state index is 11.8. The highest BCUT2D eigenvalue weighted by molar-refractivity contribution is 7.89. The highest BCUT2D eigenvalue weighted by Gasteiger charge is 2.26. The van der Waals surface area contributed by atoms with Gasteiger partial charge in [0.05, 0.1) is 20.9 Å². The number of nitrogens with two attached hydrogens (primary N) is 1. The van der Waals surface area contributed by atoms with Gasteiger partial charge < -0.3 is 4.98 Å². The highest BCUT2D eigenvalue weighted by atomic mass is 32.2. The van der Waals surface area contributed by atoms with E-state index in [0.29, 0.717) is 11.1 Å². The van der Waals surface area contributed by atoms with Gasteiger partial charge in [0.1, 0.15) is 0 Å². The Morgan fingerprint density at radius 1 is 1.09 bits per heavy atom. The van der Waals surface area contributed by atoms with Gasteiger partial charge in [-0.3, -0.25) is 10.1 Å². The van der Waals surface area contributed by atoms with Crippen molar-refractivity contribution in [3.8, 4) is 11.1 Å². The van der Waals surface area contributed by atoms with Gasteiger partial charge in [-0.15, -0.1) is 0 Å². The van der Waals surface area contributed by atoms with Crippen LogP contribution in [-0.4, -0.2) is 18.3 Å². The fourth-order valence-electron chi connectivity index (χ4n) is 2.47. The van der Waals surface area contributed by atoms with Crippen molar-refractivity contribution in [2.24, 2.45) is 5.14 Å². The molecule has 0 radical (unpaired) electrons. The van der Waals surface area contributed by atoms with Crippen molar-refractivity contribution in [3.63, 3.8) is 0 Å². The molecule has 2 aromatic carbocycles. The van der Waals surface area contributed by atoms with Gasteiger partial charge in [0.2, 0.25) is 10.0 Å². The van der Waals surface area contributed by atoms with E-state index in [1.807, 2.05) is 6.07 Å². The minimum Gasteiger partial charge on any atom is -0.361 e. The normalized spacial score (nSPS) is 11.7. The molecule has 7 nitrogen and oxygen atoms in total. The lowest BCUT2D eigenvalue weighted by Crippen LogP contribution is -2.14. The maximum Gasteiger partial charge on any atom is 0.278 e. The Balaban J connectivity index is 2.48. The third-order valence-electron chi connectivity index (χ3n) is 3.36. The standard InChI is InChI=1S/C14H11N3O4S/c15-22(20,21)12-6-2-5-11(17(18)19)13(12)10-4-1-3-9-7-8-16-14(9)10/h1-8,16H,(H2,15,20,21). The summed E-state index contributed by atoms with van der Waals surface area (Å²) in [6.45, 7) is 0. The third kappa shape index (κ3) is 2.24. The van der Waals surface area contributed by atoms with E-state index in [1.165, 1.54) is 18.2 Å². The van der Waals surface area contributed by atoms with Crippen molar-refractivity contribution in [3.05, 3.63) is 58.8 Å². The maximum absolute atomic E-state index is 11.8. The molecule has 3 N–H and O–H groups in total. The number of nitro benzene ring substituents is 1. The Kier molecular flexibility index (Phi) is 3.19. The van der Waals surface area contributed by atoms with Gasteiger partial charge in [-0.25, -0.2) is 13.6 Å². The molecule has 3 rings (SSSR count). The second kappa shape index (κ2) is 4.93. The molecule has 22 heavy (non-hydrogen) atoms. The second-order valence-corrected chi connectivity index (χ2v) is 6.23. The first-order valence-corrected chi connectivity index (χ1v) is 7.81. The molecule has 0 unspecified atom stereocenters. The smallest absolute Gasteiger partial charge is 0.278 e. The van der Waals surface area contributed by atoms with Crippen LogP contribution in [0.3, 0.4) is 0 Å². The number of fused-ring (bicyclic) bond motifs is 1. The number of sulfonamides is 1. The number of H-pyrrole nitrogens is 1. The van der Waals surface area contributed by atoms with Crippen LogP contribution in [0.5, 0.6) is 0 Å². The molecule has 1 aromatic heterocycles. The summed E-state index contributed by atoms with van der Waals surface area (Å²) < 4.78 is 23.6. The molecule has 0 aliphatic carbocycles. The van der Waals surface area contributed by atoms with Crippen molar-refractivity contribution >= 4 is 26.6 Å². The van der Waals surface area contributed by atoms with Crippen LogP contribution < -0.4 is 5.14 Å². The number of hydrogen-bond donors (Lipinski definition) is 2. The number of nitrogens with zero attached hydrogens (tertiary/aromatic N) is 1. The number of nitrogens with one attached hydrogen (secondary N) is 1. The first-order chi connectivity index (χ1) is 10.4. The molecule has 0 saturated carbocycles. The number of primary sulfonamides is 1. The molecule has 1 heterocycles. The van der Waals surface area contributed by atoms with E-state index < -0.39 is 14.9 Å². The molecular formula is C14H11N3O4S. The minimum absolute atomic E-state index is 0.0111. The van der Waals surface area contributed by atoms with E-state index in [9.17, 15) is 18.5 Å². The van der Waals surface area contributed by atoms with Crippen molar-refractivity contribution in [2.75, 3.05) is 0 Å². The molecule has 0 bridgehead atoms. The molecular weight excluding hydrogens is 306 g/mol. The second-order valence-electron chi connectivity index (χ2n) is 4.70. The van der Waals surface area contributed by atoms with E-state index >= 15 is 0 Å². The molecule has 112 valence electrons. The summed E-state index contributed by atoms with van der Waals surface area (Å²) in [5.74, 6) is 0. The fourth-order valence-corrected chi connectivity index (χ4v) is 3.24. The largest absolute Gasteiger partial charge is 0.361 e. The minimum atomic E-state index is -4.11. The molecule has 0 saturated heterocycles. The lowest BCUT2D eigenvalue weighted by atomic mass is 10.0. The molecule has 0 fully saturated rings. The SMILES string of the molecule is NS(=O)(=O)c1cccc([N+](=O)[O-])c1-c1cccc2cc[nH]c12. The number of nitro groups is 1. The van der Waals surface area contributed by atoms with Gasteiger partial charge in [-0.1, -0.05) is 24.3 Å². The summed E-state index contributed by atoms with van der Waals surface area (Å²) in [4.78, 5) is 13.4. The Morgan fingerprint density at radius 2 is 1.82 bits per heavy atom. The number of benzene rings is 2. The van der Waals surface area contributed by atoms with Gasteiger partial charge in [0.25, 0.3) is 5.69 Å². The van der Waals surface area contributed by atoms with Gasteiger partial charge in [-0.2, -0.15) is 0 Å². The van der Waals surface area contributed by atoms with E-state index in [2.05, 4.69) is 4.98 Å². The first kappa shape index (κ1) is 14.2. The average molecular weight is 317 g/mol. The van der Waals surface area contributed by atoms with E-state index in [1.54, 1.807) is 24.4 Å². The summed E-state index contributed by atoms with van der Waals surface area (Å²) in [6, 6.07) is 10.8. The third-order valence-corrected chi connectivity index (χ3v) is 4.32. The predicted octanol–water partition coefficient (Wildman–Crippen LogP) is 2.39. The van der Waals surface area contributed by atoms with E-state index in [4.69, 9.17) is 5.14 Å². The van der Waals surface area contributed by atoms with Crippen LogP contribution in [0.2, 0.25) is 0 Å². The molecule has 0 atom stereocenters. The lowest BCUT2D eigenvalue weighted by Gasteiger charge is -2.10. The zero-order valence-corrected chi connectivity index (χ0v) is 12.0. The summed E-state index contributed by atoms with van der Waals surface area (Å²) >= 11 is 0. The van der Waals surface area contributed by atoms with Crippen LogP contribution in [0.15, 0.2) is 53.6 Å². The molecule has 0 aliphatic rings. The van der Waals surface area contributed by atoms with Crippen molar-refractivity contribution in [2.45, 2.75) is 4.90 Å². The monoisotopic (exact) mass is 317 g/mol. The number of para-hydroxylation sites is 1. The Labute approximate surface area is 125 Å². The number of hydrogen-bond acceptors (Lipinski definition) is 4. The fraction of sp³-hybridized carbons (Fsp3) is 0. The van der Waals surface area contributed by atoms with E-state index in [-0.39, 0.29) is 16.1 Å². The molecule has 0 amide bonds. The molecule has 8 heteroatoms. The zero-order chi connectivity index (χ0) is 15.9. The van der Waals surface area contributed by atoms with Crippen LogP contribution >= 0.6 is 0 Å². The van der Waals surface area contributed by atoms with Crippen molar-refractivity contribution in [1.29, 1.82) is 0 Å². The van der Waals surface area contributed by atoms with Crippen LogP contribution in [0.1, 0.15) is 0 Å². The van der Waals surface area contributed by atoms with Gasteiger partial charge in [0.15, 0.2) is 0 Å². The number of rotatable bonds is 3. The van der Waals surface area contributed by atoms with Crippen molar-refractivity contribution < 1.29 is 13.3 Å². The topological polar surface area (TPSA) is 119 Å². The molecule has 3 aromatic rings. The lowest BCUT2D eigenvalue weighted by molar-refractivity contribution is -0.384. The summed E-state index contributed by atoms with van der Waals surface area (Å²) in [6.07, 6.45) is 1.68. The zero-order valence-electron chi connectivity index (χ0n) is 11.2. The Bertz CT molecular complexity index is 992. The van der Waals surface area contributed by atoms with Crippen LogP contribution in [-0.2, 0) is 10.0 Å². The van der Waals surface area contributed by atoms with Gasteiger partial charge in [0, 0.05) is 17.8 Å². The predicted molar refractivity (Wildman–Crippen MR) is 81.8 cm³/mol. The van der Waals surface area contributed by atoms with E-state index in [0.717, 1.165) is 5.39 Å². The first-order valence-electron chi connectivity index (χ1n) is 6.26. The average Bonchev–Trinajstić information content (AvgIpc) is 2.93. The molecule has 0 aliphatic heterocycles. The number of aromatic nitrogens is 1. The molecule has 0 spiro atoms. The van der Waals surface area contributed by atoms with Gasteiger partial charge in [-0.05, 0) is 17.5 Å². The highest BCUT2D eigenvalue weighted by Crippen LogP contribution is 2.38. The van der Waals surface area contributed by atoms with Crippen LogP contribution in [0, 0.1) is 10.1 Å². The summed E-state index contributed by atoms with van der Waals surface area (Å²) in [5, 5.41) is 17.3. The van der Waals surface area contributed by atoms with Crippen LogP contribution in [0.4, 0.5) is 5.69 Å². The Hall–Kier alpha value is -2.71. The summed E-state index contributed by atoms with van der Waals surface area (Å²) in [7, 11) is -4.11. The van der Waals surface area contributed by atoms with Crippen LogP contribution in [0.25, 0.3) is 22.0 Å². The Morgan fingerprint density at radius 3 is 2.50 bits per heavy atom. The summed E-state index contributed by atoms with van der Waals surface area (Å²) in [5.41, 5.74) is 0.706. The quantitative estimate of drug-likeness (QED) is 0.569. The number of aromatic amines is 1.